The molecule has 0 aliphatic heterocycles. The maximum absolute atomic E-state index is 13.1. The molecule has 0 aliphatic rings. The summed E-state index contributed by atoms with van der Waals surface area (Å²) in [5.74, 6) is 0.796. The van der Waals surface area contributed by atoms with Crippen LogP contribution in [0.2, 0.25) is 0 Å². The third kappa shape index (κ3) is 3.79. The summed E-state index contributed by atoms with van der Waals surface area (Å²) in [4.78, 5) is 27.6. The van der Waals surface area contributed by atoms with Crippen LogP contribution in [-0.4, -0.2) is 29.0 Å². The Bertz CT molecular complexity index is 1200. The number of fused-ring (bicyclic) bond motifs is 2. The molecule has 4 rings (SSSR count). The number of para-hydroxylation sites is 2. The maximum atomic E-state index is 13.1. The minimum Gasteiger partial charge on any atom is -0.494 e. The summed E-state index contributed by atoms with van der Waals surface area (Å²) in [5.41, 5.74) is 2.56. The van der Waals surface area contributed by atoms with Gasteiger partial charge in [0, 0.05) is 24.4 Å². The number of hydrogen-bond donors (Lipinski definition) is 0. The van der Waals surface area contributed by atoms with Gasteiger partial charge >= 0.3 is 0 Å². The molecule has 0 atom stereocenters. The van der Waals surface area contributed by atoms with Gasteiger partial charge < -0.3 is 14.2 Å². The Morgan fingerprint density at radius 3 is 2.03 bits per heavy atom. The molecule has 0 saturated carbocycles. The minimum absolute atomic E-state index is 0.00681. The molecule has 5 nitrogen and oxygen atoms in total. The average molecular weight is 400 g/mol. The number of nitrogens with zero attached hydrogens (tertiary/aromatic N) is 2. The van der Waals surface area contributed by atoms with Crippen molar-refractivity contribution in [3.05, 3.63) is 88.6 Å². The predicted molar refractivity (Wildman–Crippen MR) is 120 cm³/mol. The molecule has 30 heavy (non-hydrogen) atoms. The van der Waals surface area contributed by atoms with Gasteiger partial charge in [-0.1, -0.05) is 36.4 Å². The summed E-state index contributed by atoms with van der Waals surface area (Å²) in [5, 5.41) is 1.25. The largest absolute Gasteiger partial charge is 0.494 e. The highest BCUT2D eigenvalue weighted by Crippen LogP contribution is 2.20. The first kappa shape index (κ1) is 19.7. The Morgan fingerprint density at radius 2 is 1.47 bits per heavy atom. The van der Waals surface area contributed by atoms with Crippen molar-refractivity contribution in [2.45, 2.75) is 20.0 Å². The maximum Gasteiger partial charge on any atom is 0.242 e. The molecule has 1 amide bonds. The van der Waals surface area contributed by atoms with Crippen LogP contribution in [-0.2, 0) is 17.9 Å². The van der Waals surface area contributed by atoms with Gasteiger partial charge in [0.25, 0.3) is 0 Å². The lowest BCUT2D eigenvalue weighted by Gasteiger charge is -2.21. The summed E-state index contributed by atoms with van der Waals surface area (Å²) >= 11 is 0. The van der Waals surface area contributed by atoms with Crippen molar-refractivity contribution < 1.29 is 9.53 Å². The van der Waals surface area contributed by atoms with Gasteiger partial charge in [0.2, 0.25) is 5.91 Å². The van der Waals surface area contributed by atoms with E-state index in [-0.39, 0.29) is 17.9 Å². The van der Waals surface area contributed by atoms with Crippen LogP contribution >= 0.6 is 0 Å². The Labute approximate surface area is 175 Å². The smallest absolute Gasteiger partial charge is 0.242 e. The number of likely N-dealkylation sites (N-methyl/N-ethyl adjacent to an activating group) is 1. The Hall–Kier alpha value is -3.60. The lowest BCUT2D eigenvalue weighted by atomic mass is 10.1. The Kier molecular flexibility index (Phi) is 5.53. The Morgan fingerprint density at radius 1 is 0.900 bits per heavy atom. The highest BCUT2D eigenvalue weighted by atomic mass is 16.5. The van der Waals surface area contributed by atoms with Crippen LogP contribution < -0.4 is 10.2 Å². The molecule has 0 aliphatic carbocycles. The van der Waals surface area contributed by atoms with Crippen molar-refractivity contribution in [1.29, 1.82) is 0 Å². The molecule has 0 unspecified atom stereocenters. The number of carbonyl (C=O) groups is 1. The average Bonchev–Trinajstić information content (AvgIpc) is 2.78. The van der Waals surface area contributed by atoms with Gasteiger partial charge in [0.05, 0.1) is 17.6 Å². The van der Waals surface area contributed by atoms with Gasteiger partial charge in [0.1, 0.15) is 12.3 Å². The molecule has 0 N–H and O–H groups in total. The van der Waals surface area contributed by atoms with Gasteiger partial charge in [-0.05, 0) is 48.9 Å². The van der Waals surface area contributed by atoms with Crippen molar-refractivity contribution in [2.75, 3.05) is 13.7 Å². The summed E-state index contributed by atoms with van der Waals surface area (Å²) in [6.45, 7) is 3.24. The van der Waals surface area contributed by atoms with E-state index in [1.54, 1.807) is 11.9 Å². The van der Waals surface area contributed by atoms with Gasteiger partial charge in [0.15, 0.2) is 5.43 Å². The monoisotopic (exact) mass is 400 g/mol. The van der Waals surface area contributed by atoms with Crippen LogP contribution in [0.1, 0.15) is 12.5 Å². The van der Waals surface area contributed by atoms with E-state index in [4.69, 9.17) is 4.74 Å². The summed E-state index contributed by atoms with van der Waals surface area (Å²) in [6, 6.07) is 22.7. The van der Waals surface area contributed by atoms with E-state index in [0.717, 1.165) is 22.3 Å². The van der Waals surface area contributed by atoms with Crippen LogP contribution in [0.15, 0.2) is 77.6 Å². The van der Waals surface area contributed by atoms with Crippen LogP contribution in [0.3, 0.4) is 0 Å². The Balaban J connectivity index is 1.63. The predicted octanol–water partition coefficient (Wildman–Crippen LogP) is 4.21. The highest BCUT2D eigenvalue weighted by Gasteiger charge is 2.15. The van der Waals surface area contributed by atoms with Crippen LogP contribution in [0.4, 0.5) is 0 Å². The first-order valence-corrected chi connectivity index (χ1v) is 10.0. The number of rotatable bonds is 6. The molecule has 4 aromatic rings. The molecule has 0 saturated heterocycles. The number of pyridine rings is 1. The molecule has 1 heterocycles. The van der Waals surface area contributed by atoms with Gasteiger partial charge in [-0.3, -0.25) is 9.59 Å². The zero-order valence-electron chi connectivity index (χ0n) is 17.2. The third-order valence-corrected chi connectivity index (χ3v) is 5.25. The molecule has 0 bridgehead atoms. The molecule has 3 aromatic carbocycles. The molecule has 0 spiro atoms. The molecular weight excluding hydrogens is 376 g/mol. The number of hydrogen-bond acceptors (Lipinski definition) is 3. The van der Waals surface area contributed by atoms with E-state index < -0.39 is 0 Å². The molecular formula is C25H24N2O3. The molecule has 0 radical (unpaired) electrons. The summed E-state index contributed by atoms with van der Waals surface area (Å²) in [7, 11) is 1.80. The molecule has 5 heteroatoms. The fourth-order valence-corrected chi connectivity index (χ4v) is 3.72. The second-order valence-corrected chi connectivity index (χ2v) is 7.28. The minimum atomic E-state index is -0.0251. The fourth-order valence-electron chi connectivity index (χ4n) is 3.72. The summed E-state index contributed by atoms with van der Waals surface area (Å²) in [6.07, 6.45) is 0. The van der Waals surface area contributed by atoms with Crippen LogP contribution in [0.5, 0.6) is 5.75 Å². The highest BCUT2D eigenvalue weighted by molar-refractivity contribution is 5.94. The lowest BCUT2D eigenvalue weighted by Crippen LogP contribution is -2.30. The molecule has 1 aromatic heterocycles. The number of amides is 1. The van der Waals surface area contributed by atoms with Crippen molar-refractivity contribution in [3.8, 4) is 5.75 Å². The van der Waals surface area contributed by atoms with E-state index in [0.29, 0.717) is 23.9 Å². The number of carbonyl (C=O) groups excluding carboxylic acids is 1. The lowest BCUT2D eigenvalue weighted by molar-refractivity contribution is -0.130. The SMILES string of the molecule is CCOc1ccc(CN(C)C(=O)Cn2c3ccccc3c(=O)c3ccccc32)cc1. The number of ether oxygens (including phenoxy) is 1. The molecule has 0 fully saturated rings. The second-order valence-electron chi connectivity index (χ2n) is 7.28. The van der Waals surface area contributed by atoms with Crippen molar-refractivity contribution in [3.63, 3.8) is 0 Å². The van der Waals surface area contributed by atoms with E-state index in [1.165, 1.54) is 0 Å². The first-order chi connectivity index (χ1) is 14.6. The van der Waals surface area contributed by atoms with Gasteiger partial charge in [-0.25, -0.2) is 0 Å². The first-order valence-electron chi connectivity index (χ1n) is 10.0. The fraction of sp³-hybridized carbons (Fsp3) is 0.200. The van der Waals surface area contributed by atoms with E-state index in [1.807, 2.05) is 84.3 Å². The standard InChI is InChI=1S/C25H24N2O3/c1-3-30-19-14-12-18(13-15-19)16-26(2)24(28)17-27-22-10-6-4-8-20(22)25(29)21-9-5-7-11-23(21)27/h4-15H,3,16-17H2,1-2H3. The summed E-state index contributed by atoms with van der Waals surface area (Å²) < 4.78 is 7.41. The van der Waals surface area contributed by atoms with Crippen LogP contribution in [0.25, 0.3) is 21.8 Å². The van der Waals surface area contributed by atoms with Crippen molar-refractivity contribution in [2.24, 2.45) is 0 Å². The van der Waals surface area contributed by atoms with E-state index in [2.05, 4.69) is 0 Å². The van der Waals surface area contributed by atoms with Crippen LogP contribution in [0, 0.1) is 0 Å². The van der Waals surface area contributed by atoms with E-state index >= 15 is 0 Å². The zero-order chi connectivity index (χ0) is 21.1. The number of aromatic nitrogens is 1. The zero-order valence-corrected chi connectivity index (χ0v) is 17.2. The molecule has 152 valence electrons. The second kappa shape index (κ2) is 8.41. The van der Waals surface area contributed by atoms with Crippen molar-refractivity contribution >= 4 is 27.7 Å². The number of benzene rings is 3. The van der Waals surface area contributed by atoms with Crippen molar-refractivity contribution in [1.82, 2.24) is 9.47 Å². The quantitative estimate of drug-likeness (QED) is 0.456. The topological polar surface area (TPSA) is 51.5 Å². The third-order valence-electron chi connectivity index (χ3n) is 5.25. The van der Waals surface area contributed by atoms with E-state index in [9.17, 15) is 9.59 Å². The van der Waals surface area contributed by atoms with Gasteiger partial charge in [-0.2, -0.15) is 0 Å². The van der Waals surface area contributed by atoms with Gasteiger partial charge in [-0.15, -0.1) is 0 Å². The normalized spacial score (nSPS) is 11.0.